The van der Waals surface area contributed by atoms with Crippen LogP contribution >= 0.6 is 12.4 Å². The summed E-state index contributed by atoms with van der Waals surface area (Å²) in [6.07, 6.45) is 1.16. The second-order valence-electron chi connectivity index (χ2n) is 6.26. The maximum atomic E-state index is 12.5. The van der Waals surface area contributed by atoms with E-state index in [4.69, 9.17) is 0 Å². The molecule has 0 bridgehead atoms. The Kier molecular flexibility index (Phi) is 7.63. The monoisotopic (exact) mass is 373 g/mol. The molecular formula is C20H24ClN3O2. The summed E-state index contributed by atoms with van der Waals surface area (Å²) in [5, 5.41) is 9.26. The van der Waals surface area contributed by atoms with Crippen molar-refractivity contribution < 1.29 is 9.59 Å². The van der Waals surface area contributed by atoms with E-state index in [1.54, 1.807) is 12.1 Å². The number of halogens is 1. The lowest BCUT2D eigenvalue weighted by molar-refractivity contribution is -0.122. The highest BCUT2D eigenvalue weighted by molar-refractivity contribution is 5.94. The quantitative estimate of drug-likeness (QED) is 0.728. The molecule has 3 rings (SSSR count). The van der Waals surface area contributed by atoms with Crippen LogP contribution in [0, 0.1) is 0 Å². The van der Waals surface area contributed by atoms with Gasteiger partial charge in [-0.2, -0.15) is 0 Å². The summed E-state index contributed by atoms with van der Waals surface area (Å²) >= 11 is 0. The van der Waals surface area contributed by atoms with Crippen LogP contribution in [0.2, 0.25) is 0 Å². The molecule has 1 aliphatic rings. The lowest BCUT2D eigenvalue weighted by Gasteiger charge is -2.20. The van der Waals surface area contributed by atoms with Gasteiger partial charge in [-0.05, 0) is 30.7 Å². The Morgan fingerprint density at radius 3 is 2.31 bits per heavy atom. The van der Waals surface area contributed by atoms with E-state index in [-0.39, 0.29) is 42.7 Å². The highest BCUT2D eigenvalue weighted by atomic mass is 35.5. The fourth-order valence-corrected chi connectivity index (χ4v) is 3.02. The molecule has 0 spiro atoms. The van der Waals surface area contributed by atoms with Gasteiger partial charge in [0.25, 0.3) is 5.91 Å². The summed E-state index contributed by atoms with van der Waals surface area (Å²) < 4.78 is 0. The van der Waals surface area contributed by atoms with Gasteiger partial charge < -0.3 is 16.0 Å². The smallest absolute Gasteiger partial charge is 0.251 e. The van der Waals surface area contributed by atoms with E-state index in [1.165, 1.54) is 0 Å². The van der Waals surface area contributed by atoms with Crippen LogP contribution in [0.4, 0.5) is 0 Å². The molecule has 26 heavy (non-hydrogen) atoms. The van der Waals surface area contributed by atoms with Gasteiger partial charge in [-0.25, -0.2) is 0 Å². The van der Waals surface area contributed by atoms with Crippen LogP contribution in [0.25, 0.3) is 0 Å². The highest BCUT2D eigenvalue weighted by Crippen LogP contribution is 2.18. The van der Waals surface area contributed by atoms with Crippen LogP contribution in [-0.4, -0.2) is 30.9 Å². The Hall–Kier alpha value is -2.37. The lowest BCUT2D eigenvalue weighted by Crippen LogP contribution is -2.39. The van der Waals surface area contributed by atoms with Crippen molar-refractivity contribution in [2.45, 2.75) is 24.9 Å². The van der Waals surface area contributed by atoms with Gasteiger partial charge in [-0.1, -0.05) is 48.5 Å². The third-order valence-corrected chi connectivity index (χ3v) is 4.36. The van der Waals surface area contributed by atoms with E-state index in [1.807, 2.05) is 48.5 Å². The van der Waals surface area contributed by atoms with E-state index in [0.29, 0.717) is 5.56 Å². The SMILES string of the molecule is Cl.O=C(CC(NC(=O)c1ccccc1)c1ccccc1)NC1CCNC1. The van der Waals surface area contributed by atoms with Crippen molar-refractivity contribution in [3.63, 3.8) is 0 Å². The maximum absolute atomic E-state index is 12.5. The van der Waals surface area contributed by atoms with E-state index in [2.05, 4.69) is 16.0 Å². The summed E-state index contributed by atoms with van der Waals surface area (Å²) in [5.74, 6) is -0.222. The first-order valence-electron chi connectivity index (χ1n) is 8.63. The minimum Gasteiger partial charge on any atom is -0.352 e. The Labute approximate surface area is 160 Å². The Morgan fingerprint density at radius 1 is 1.04 bits per heavy atom. The van der Waals surface area contributed by atoms with Crippen molar-refractivity contribution in [1.29, 1.82) is 0 Å². The molecule has 0 aromatic heterocycles. The summed E-state index contributed by atoms with van der Waals surface area (Å²) in [6.45, 7) is 1.73. The number of hydrogen-bond donors (Lipinski definition) is 3. The lowest BCUT2D eigenvalue weighted by atomic mass is 10.0. The summed E-state index contributed by atoms with van der Waals surface area (Å²) in [7, 11) is 0. The molecule has 1 aliphatic heterocycles. The third-order valence-electron chi connectivity index (χ3n) is 4.36. The standard InChI is InChI=1S/C20H23N3O2.ClH/c24-19(22-17-11-12-21-14-17)13-18(15-7-3-1-4-8-15)23-20(25)16-9-5-2-6-10-16;/h1-10,17-18,21H,11-14H2,(H,22,24)(H,23,25);1H. The molecule has 0 radical (unpaired) electrons. The number of nitrogens with one attached hydrogen (secondary N) is 3. The van der Waals surface area contributed by atoms with Gasteiger partial charge in [0.05, 0.1) is 12.5 Å². The molecule has 1 fully saturated rings. The molecule has 6 heteroatoms. The van der Waals surface area contributed by atoms with E-state index in [0.717, 1.165) is 25.1 Å². The number of amides is 2. The minimum absolute atomic E-state index is 0. The molecule has 1 saturated heterocycles. The second-order valence-corrected chi connectivity index (χ2v) is 6.26. The van der Waals surface area contributed by atoms with Gasteiger partial charge in [0.2, 0.25) is 5.91 Å². The van der Waals surface area contributed by atoms with Gasteiger partial charge in [0.1, 0.15) is 0 Å². The number of carbonyl (C=O) groups is 2. The zero-order valence-corrected chi connectivity index (χ0v) is 15.3. The molecule has 1 heterocycles. The Morgan fingerprint density at radius 2 is 1.69 bits per heavy atom. The number of benzene rings is 2. The molecule has 0 saturated carbocycles. The normalized spacial score (nSPS) is 17.0. The molecule has 3 N–H and O–H groups in total. The third kappa shape index (κ3) is 5.58. The molecule has 138 valence electrons. The minimum atomic E-state index is -0.358. The number of rotatable bonds is 6. The van der Waals surface area contributed by atoms with Crippen LogP contribution in [0.1, 0.15) is 34.8 Å². The fourth-order valence-electron chi connectivity index (χ4n) is 3.02. The maximum Gasteiger partial charge on any atom is 0.251 e. The Balaban J connectivity index is 0.00000243. The number of hydrogen-bond acceptors (Lipinski definition) is 3. The van der Waals surface area contributed by atoms with Crippen LogP contribution in [0.15, 0.2) is 60.7 Å². The molecule has 0 aliphatic carbocycles. The summed E-state index contributed by atoms with van der Waals surface area (Å²) in [6, 6.07) is 18.5. The van der Waals surface area contributed by atoms with Crippen molar-refractivity contribution in [1.82, 2.24) is 16.0 Å². The van der Waals surface area contributed by atoms with Gasteiger partial charge in [-0.15, -0.1) is 12.4 Å². The molecule has 2 aromatic rings. The van der Waals surface area contributed by atoms with Crippen LogP contribution in [0.3, 0.4) is 0 Å². The zero-order valence-electron chi connectivity index (χ0n) is 14.5. The van der Waals surface area contributed by atoms with Crippen molar-refractivity contribution in [2.75, 3.05) is 13.1 Å². The average molecular weight is 374 g/mol. The highest BCUT2D eigenvalue weighted by Gasteiger charge is 2.22. The predicted molar refractivity (Wildman–Crippen MR) is 104 cm³/mol. The fraction of sp³-hybridized carbons (Fsp3) is 0.300. The van der Waals surface area contributed by atoms with Crippen LogP contribution < -0.4 is 16.0 Å². The molecule has 2 atom stereocenters. The molecule has 5 nitrogen and oxygen atoms in total. The summed E-state index contributed by atoms with van der Waals surface area (Å²) in [5.41, 5.74) is 1.51. The molecule has 2 aromatic carbocycles. The molecule has 2 amide bonds. The summed E-state index contributed by atoms with van der Waals surface area (Å²) in [4.78, 5) is 24.9. The second kappa shape index (κ2) is 9.94. The molecule has 2 unspecified atom stereocenters. The van der Waals surface area contributed by atoms with Crippen LogP contribution in [-0.2, 0) is 4.79 Å². The van der Waals surface area contributed by atoms with E-state index in [9.17, 15) is 9.59 Å². The van der Waals surface area contributed by atoms with Crippen LogP contribution in [0.5, 0.6) is 0 Å². The van der Waals surface area contributed by atoms with Gasteiger partial charge >= 0.3 is 0 Å². The average Bonchev–Trinajstić information content (AvgIpc) is 3.15. The van der Waals surface area contributed by atoms with Gasteiger partial charge in [-0.3, -0.25) is 9.59 Å². The van der Waals surface area contributed by atoms with Gasteiger partial charge in [0, 0.05) is 18.2 Å². The first kappa shape index (κ1) is 19.9. The van der Waals surface area contributed by atoms with E-state index >= 15 is 0 Å². The topological polar surface area (TPSA) is 70.2 Å². The first-order valence-corrected chi connectivity index (χ1v) is 8.63. The Bertz CT molecular complexity index is 704. The zero-order chi connectivity index (χ0) is 17.5. The largest absolute Gasteiger partial charge is 0.352 e. The first-order chi connectivity index (χ1) is 12.2. The van der Waals surface area contributed by atoms with Crippen molar-refractivity contribution in [2.24, 2.45) is 0 Å². The van der Waals surface area contributed by atoms with Crippen molar-refractivity contribution in [3.8, 4) is 0 Å². The van der Waals surface area contributed by atoms with Gasteiger partial charge in [0.15, 0.2) is 0 Å². The van der Waals surface area contributed by atoms with E-state index < -0.39 is 0 Å². The van der Waals surface area contributed by atoms with Crippen molar-refractivity contribution in [3.05, 3.63) is 71.8 Å². The predicted octanol–water partition coefficient (Wildman–Crippen LogP) is 2.45. The number of carbonyl (C=O) groups excluding carboxylic acids is 2. The molecular weight excluding hydrogens is 350 g/mol. The van der Waals surface area contributed by atoms with Crippen molar-refractivity contribution >= 4 is 24.2 Å².